The van der Waals surface area contributed by atoms with Gasteiger partial charge in [0, 0.05) is 12.8 Å². The van der Waals surface area contributed by atoms with Crippen molar-refractivity contribution in [1.29, 1.82) is 0 Å². The van der Waals surface area contributed by atoms with Crippen LogP contribution >= 0.6 is 0 Å². The molecule has 0 radical (unpaired) electrons. The zero-order valence-electron chi connectivity index (χ0n) is 60.2. The molecule has 0 spiro atoms. The van der Waals surface area contributed by atoms with Gasteiger partial charge in [0.15, 0.2) is 0 Å². The van der Waals surface area contributed by atoms with E-state index in [9.17, 15) is 19.8 Å². The van der Waals surface area contributed by atoms with E-state index in [1.165, 1.54) is 353 Å². The topological polar surface area (TPSA) is 95.9 Å². The molecule has 1 amide bonds. The number of amides is 1. The van der Waals surface area contributed by atoms with Crippen LogP contribution in [0.4, 0.5) is 0 Å². The van der Waals surface area contributed by atoms with Gasteiger partial charge in [0.25, 0.3) is 0 Å². The van der Waals surface area contributed by atoms with Crippen LogP contribution in [0.25, 0.3) is 0 Å². The van der Waals surface area contributed by atoms with Crippen molar-refractivity contribution >= 4 is 11.9 Å². The Morgan fingerprint density at radius 2 is 0.584 bits per heavy atom. The van der Waals surface area contributed by atoms with Crippen molar-refractivity contribution in [2.45, 2.75) is 456 Å². The molecule has 0 aromatic heterocycles. The molecule has 0 bridgehead atoms. The van der Waals surface area contributed by atoms with Gasteiger partial charge >= 0.3 is 5.97 Å². The van der Waals surface area contributed by atoms with E-state index in [0.29, 0.717) is 25.9 Å². The highest BCUT2D eigenvalue weighted by atomic mass is 16.5. The third kappa shape index (κ3) is 74.7. The van der Waals surface area contributed by atoms with Crippen LogP contribution in [0.15, 0.2) is 48.6 Å². The zero-order valence-corrected chi connectivity index (χ0v) is 60.2. The quantitative estimate of drug-likeness (QED) is 0.0320. The lowest BCUT2D eigenvalue weighted by Crippen LogP contribution is -2.45. The summed E-state index contributed by atoms with van der Waals surface area (Å²) in [5, 5.41) is 23.5. The van der Waals surface area contributed by atoms with Crippen LogP contribution in [0.3, 0.4) is 0 Å². The predicted molar refractivity (Wildman–Crippen MR) is 393 cm³/mol. The van der Waals surface area contributed by atoms with E-state index in [1.54, 1.807) is 0 Å². The SMILES string of the molecule is CCC/C=C\C/C=C\CCCCCCCC(=O)OCCCCCCCCCCCCCCC/C=C\C/C=C\CCCCCCCCCCCCCCCCCCCC(=O)NC(CO)C(O)CCCCCCCCCCCCCCCCCCCCCCCC. The molecule has 0 aromatic rings. The zero-order chi connectivity index (χ0) is 64.2. The number of hydrogen-bond acceptors (Lipinski definition) is 5. The number of unbranched alkanes of at least 4 members (excludes halogenated alkanes) is 57. The summed E-state index contributed by atoms with van der Waals surface area (Å²) in [6.07, 6.45) is 104. The summed E-state index contributed by atoms with van der Waals surface area (Å²) in [5.74, 6) is -0.0236. The summed E-state index contributed by atoms with van der Waals surface area (Å²) in [5.41, 5.74) is 0. The van der Waals surface area contributed by atoms with Crippen molar-refractivity contribution in [3.63, 3.8) is 0 Å². The van der Waals surface area contributed by atoms with Gasteiger partial charge in [-0.05, 0) is 83.5 Å². The van der Waals surface area contributed by atoms with Gasteiger partial charge in [0.1, 0.15) is 0 Å². The fraction of sp³-hybridized carbons (Fsp3) is 0.880. The Hall–Kier alpha value is -2.18. The molecule has 0 heterocycles. The Kier molecular flexibility index (Phi) is 76.3. The lowest BCUT2D eigenvalue weighted by atomic mass is 10.0. The molecule has 2 atom stereocenters. The number of allylic oxidation sites excluding steroid dienone is 8. The van der Waals surface area contributed by atoms with Gasteiger partial charge in [-0.3, -0.25) is 9.59 Å². The molecule has 6 nitrogen and oxygen atoms in total. The maximum atomic E-state index is 12.6. The molecule has 89 heavy (non-hydrogen) atoms. The first-order chi connectivity index (χ1) is 44.0. The van der Waals surface area contributed by atoms with Crippen molar-refractivity contribution in [2.24, 2.45) is 0 Å². The van der Waals surface area contributed by atoms with E-state index in [-0.39, 0.29) is 18.5 Å². The van der Waals surface area contributed by atoms with Crippen LogP contribution in [0.2, 0.25) is 0 Å². The molecular formula is C83H157NO5. The van der Waals surface area contributed by atoms with E-state index < -0.39 is 12.1 Å². The Bertz CT molecular complexity index is 1490. The highest BCUT2D eigenvalue weighted by molar-refractivity contribution is 5.76. The number of aliphatic hydroxyl groups excluding tert-OH is 2. The molecule has 0 aliphatic rings. The number of esters is 1. The summed E-state index contributed by atoms with van der Waals surface area (Å²) in [6.45, 7) is 4.93. The van der Waals surface area contributed by atoms with Crippen molar-refractivity contribution < 1.29 is 24.5 Å². The summed E-state index contributed by atoms with van der Waals surface area (Å²) in [7, 11) is 0. The Morgan fingerprint density at radius 1 is 0.315 bits per heavy atom. The Morgan fingerprint density at radius 3 is 0.899 bits per heavy atom. The molecule has 0 aromatic carbocycles. The molecular weight excluding hydrogens is 1090 g/mol. The van der Waals surface area contributed by atoms with Gasteiger partial charge in [-0.25, -0.2) is 0 Å². The number of ether oxygens (including phenoxy) is 1. The van der Waals surface area contributed by atoms with Crippen molar-refractivity contribution in [2.75, 3.05) is 13.2 Å². The standard InChI is InChI=1S/C83H157NO5/c1-3-5-7-9-11-13-15-17-18-19-20-21-39-42-45-48-52-55-59-63-67-71-75-81(86)80(79-85)84-82(87)76-72-68-64-60-56-53-49-46-43-40-37-35-33-31-29-27-25-23-22-24-26-28-30-32-34-36-38-41-44-47-50-54-58-62-66-70-74-78-89-83(88)77-73-69-65-61-57-51-16-14-12-10-8-6-4-2/h8,10,14,16,22,24,28,30,80-81,85-86H,3-7,9,11-13,15,17-21,23,25-27,29,31-79H2,1-2H3,(H,84,87)/b10-8-,16-14-,24-22-,30-28-. The molecule has 0 aliphatic heterocycles. The predicted octanol–water partition coefficient (Wildman–Crippen LogP) is 26.8. The van der Waals surface area contributed by atoms with Crippen molar-refractivity contribution in [3.05, 3.63) is 48.6 Å². The van der Waals surface area contributed by atoms with E-state index in [1.807, 2.05) is 0 Å². The normalized spacial score (nSPS) is 12.7. The lowest BCUT2D eigenvalue weighted by Gasteiger charge is -2.22. The largest absolute Gasteiger partial charge is 0.466 e. The fourth-order valence-corrected chi connectivity index (χ4v) is 12.7. The second kappa shape index (κ2) is 78.3. The molecule has 0 saturated heterocycles. The number of carbonyl (C=O) groups is 2. The first kappa shape index (κ1) is 86.8. The molecule has 6 heteroatoms. The van der Waals surface area contributed by atoms with E-state index in [2.05, 4.69) is 67.8 Å². The van der Waals surface area contributed by atoms with E-state index in [4.69, 9.17) is 4.74 Å². The van der Waals surface area contributed by atoms with Gasteiger partial charge in [0.05, 0.1) is 25.4 Å². The van der Waals surface area contributed by atoms with Crippen LogP contribution in [0.5, 0.6) is 0 Å². The number of rotatable bonds is 76. The minimum Gasteiger partial charge on any atom is -0.466 e. The highest BCUT2D eigenvalue weighted by Crippen LogP contribution is 2.20. The minimum atomic E-state index is -0.664. The molecule has 0 aliphatic carbocycles. The molecule has 0 fully saturated rings. The summed E-state index contributed by atoms with van der Waals surface area (Å²) >= 11 is 0. The van der Waals surface area contributed by atoms with Gasteiger partial charge in [-0.15, -0.1) is 0 Å². The third-order valence-corrected chi connectivity index (χ3v) is 18.8. The highest BCUT2D eigenvalue weighted by Gasteiger charge is 2.20. The number of aliphatic hydroxyl groups is 2. The second-order valence-corrected chi connectivity index (χ2v) is 27.7. The Labute approximate surface area is 556 Å². The van der Waals surface area contributed by atoms with Crippen LogP contribution in [0, 0.1) is 0 Å². The number of hydrogen-bond donors (Lipinski definition) is 3. The Balaban J connectivity index is 3.37. The smallest absolute Gasteiger partial charge is 0.305 e. The average Bonchev–Trinajstić information content (AvgIpc) is 3.55. The maximum absolute atomic E-state index is 12.6. The van der Waals surface area contributed by atoms with Gasteiger partial charge in [-0.2, -0.15) is 0 Å². The number of nitrogens with one attached hydrogen (secondary N) is 1. The average molecular weight is 1250 g/mol. The minimum absolute atomic E-state index is 0.00369. The molecule has 0 saturated carbocycles. The van der Waals surface area contributed by atoms with Crippen molar-refractivity contribution in [1.82, 2.24) is 5.32 Å². The van der Waals surface area contributed by atoms with E-state index in [0.717, 1.165) is 57.8 Å². The van der Waals surface area contributed by atoms with Crippen LogP contribution in [-0.4, -0.2) is 47.4 Å². The first-order valence-electron chi connectivity index (χ1n) is 40.4. The van der Waals surface area contributed by atoms with Gasteiger partial charge in [-0.1, -0.05) is 396 Å². The molecule has 3 N–H and O–H groups in total. The van der Waals surface area contributed by atoms with Crippen LogP contribution in [-0.2, 0) is 14.3 Å². The molecule has 0 rings (SSSR count). The maximum Gasteiger partial charge on any atom is 0.305 e. The third-order valence-electron chi connectivity index (χ3n) is 18.8. The van der Waals surface area contributed by atoms with Crippen LogP contribution < -0.4 is 5.32 Å². The fourth-order valence-electron chi connectivity index (χ4n) is 12.7. The lowest BCUT2D eigenvalue weighted by molar-refractivity contribution is -0.143. The summed E-state index contributed by atoms with van der Waals surface area (Å²) in [6, 6.07) is -0.541. The van der Waals surface area contributed by atoms with Gasteiger partial charge in [0.2, 0.25) is 5.91 Å². The number of carbonyl (C=O) groups excluding carboxylic acids is 2. The van der Waals surface area contributed by atoms with Crippen LogP contribution in [0.1, 0.15) is 444 Å². The van der Waals surface area contributed by atoms with E-state index >= 15 is 0 Å². The summed E-state index contributed by atoms with van der Waals surface area (Å²) in [4.78, 5) is 24.6. The molecule has 2 unspecified atom stereocenters. The second-order valence-electron chi connectivity index (χ2n) is 27.7. The molecule has 524 valence electrons. The summed E-state index contributed by atoms with van der Waals surface area (Å²) < 4.78 is 5.48. The monoisotopic (exact) mass is 1250 g/mol. The van der Waals surface area contributed by atoms with Gasteiger partial charge < -0.3 is 20.3 Å². The van der Waals surface area contributed by atoms with Crippen molar-refractivity contribution in [3.8, 4) is 0 Å². The first-order valence-corrected chi connectivity index (χ1v) is 40.4.